The molecule has 0 aromatic heterocycles. The highest BCUT2D eigenvalue weighted by Crippen LogP contribution is 2.17. The van der Waals surface area contributed by atoms with Crippen molar-refractivity contribution in [3.8, 4) is 0 Å². The Morgan fingerprint density at radius 1 is 1.26 bits per heavy atom. The van der Waals surface area contributed by atoms with Crippen molar-refractivity contribution < 1.29 is 4.79 Å². The molecule has 1 aromatic rings. The third-order valence-corrected chi connectivity index (χ3v) is 4.42. The maximum atomic E-state index is 12.2. The molecule has 0 aliphatic carbocycles. The molecule has 1 unspecified atom stereocenters. The molecular weight excluding hydrogens is 310 g/mol. The molecule has 130 valence electrons. The van der Waals surface area contributed by atoms with Crippen molar-refractivity contribution in [2.75, 3.05) is 32.0 Å². The molecule has 0 saturated carbocycles. The van der Waals surface area contributed by atoms with Crippen molar-refractivity contribution in [3.63, 3.8) is 0 Å². The van der Waals surface area contributed by atoms with Crippen LogP contribution in [0.3, 0.4) is 0 Å². The zero-order valence-corrected chi connectivity index (χ0v) is 15.3. The van der Waals surface area contributed by atoms with Gasteiger partial charge in [-0.2, -0.15) is 0 Å². The average molecular weight is 340 g/mol. The largest absolute Gasteiger partial charge is 0.325 e. The first-order chi connectivity index (χ1) is 10.6. The molecule has 0 bridgehead atoms. The number of benzene rings is 1. The highest BCUT2D eigenvalue weighted by molar-refractivity contribution is 5.92. The van der Waals surface area contributed by atoms with E-state index in [1.807, 2.05) is 12.1 Å². The first-order valence-corrected chi connectivity index (χ1v) is 8.37. The molecule has 1 heterocycles. The fraction of sp³-hybridized carbons (Fsp3) is 0.611. The van der Waals surface area contributed by atoms with Crippen molar-refractivity contribution in [2.24, 2.45) is 0 Å². The van der Waals surface area contributed by atoms with Crippen LogP contribution < -0.4 is 10.6 Å². The van der Waals surface area contributed by atoms with Crippen molar-refractivity contribution >= 4 is 24.0 Å². The molecule has 5 heteroatoms. The van der Waals surface area contributed by atoms with E-state index in [4.69, 9.17) is 0 Å². The van der Waals surface area contributed by atoms with Gasteiger partial charge in [0.15, 0.2) is 0 Å². The molecule has 0 spiro atoms. The lowest BCUT2D eigenvalue weighted by atomic mass is 10.0. The van der Waals surface area contributed by atoms with Gasteiger partial charge in [-0.25, -0.2) is 0 Å². The number of nitrogens with zero attached hydrogens (tertiary/aromatic N) is 1. The number of nitrogens with one attached hydrogen (secondary N) is 2. The van der Waals surface area contributed by atoms with Gasteiger partial charge in [-0.1, -0.05) is 26.0 Å². The van der Waals surface area contributed by atoms with Crippen molar-refractivity contribution in [1.29, 1.82) is 0 Å². The Kier molecular flexibility index (Phi) is 8.59. The standard InChI is InChI=1S/C18H29N3O.ClH/c1-14(2)15-6-8-16(9-7-15)20-18(22)13-21(3)17-5-4-11-19-12-10-17;/h6-9,14,17,19H,4-5,10-13H2,1-3H3,(H,20,22);1H. The molecule has 2 rings (SSSR count). The van der Waals surface area contributed by atoms with E-state index in [1.165, 1.54) is 18.4 Å². The van der Waals surface area contributed by atoms with Crippen LogP contribution in [0.2, 0.25) is 0 Å². The summed E-state index contributed by atoms with van der Waals surface area (Å²) >= 11 is 0. The molecule has 1 fully saturated rings. The first-order valence-electron chi connectivity index (χ1n) is 8.37. The number of rotatable bonds is 5. The SMILES string of the molecule is CC(C)c1ccc(NC(=O)CN(C)C2CCCNCC2)cc1.Cl. The smallest absolute Gasteiger partial charge is 0.238 e. The molecule has 1 saturated heterocycles. The Labute approximate surface area is 146 Å². The number of likely N-dealkylation sites (N-methyl/N-ethyl adjacent to an activating group) is 1. The van der Waals surface area contributed by atoms with Gasteiger partial charge in [0.2, 0.25) is 5.91 Å². The van der Waals surface area contributed by atoms with E-state index in [9.17, 15) is 4.79 Å². The Morgan fingerprint density at radius 2 is 1.96 bits per heavy atom. The first kappa shape index (κ1) is 19.9. The second-order valence-corrected chi connectivity index (χ2v) is 6.57. The van der Waals surface area contributed by atoms with E-state index >= 15 is 0 Å². The van der Waals surface area contributed by atoms with Gasteiger partial charge in [0.1, 0.15) is 0 Å². The lowest BCUT2D eigenvalue weighted by molar-refractivity contribution is -0.117. The number of carbonyl (C=O) groups excluding carboxylic acids is 1. The second-order valence-electron chi connectivity index (χ2n) is 6.57. The minimum absolute atomic E-state index is 0. The number of halogens is 1. The van der Waals surface area contributed by atoms with Crippen LogP contribution in [-0.4, -0.2) is 43.5 Å². The van der Waals surface area contributed by atoms with E-state index in [0.717, 1.165) is 25.2 Å². The van der Waals surface area contributed by atoms with Crippen molar-refractivity contribution in [1.82, 2.24) is 10.2 Å². The molecule has 1 aliphatic rings. The summed E-state index contributed by atoms with van der Waals surface area (Å²) in [6.07, 6.45) is 3.47. The van der Waals surface area contributed by atoms with Gasteiger partial charge in [-0.15, -0.1) is 12.4 Å². The van der Waals surface area contributed by atoms with Crippen LogP contribution in [0.15, 0.2) is 24.3 Å². The number of amides is 1. The lowest BCUT2D eigenvalue weighted by Gasteiger charge is -2.26. The zero-order valence-electron chi connectivity index (χ0n) is 14.5. The summed E-state index contributed by atoms with van der Waals surface area (Å²) in [7, 11) is 2.05. The predicted octanol–water partition coefficient (Wildman–Crippen LogP) is 3.24. The summed E-state index contributed by atoms with van der Waals surface area (Å²) in [5.41, 5.74) is 2.17. The number of carbonyl (C=O) groups is 1. The summed E-state index contributed by atoms with van der Waals surface area (Å²) < 4.78 is 0. The Morgan fingerprint density at radius 3 is 2.61 bits per heavy atom. The van der Waals surface area contributed by atoms with Gasteiger partial charge in [0.25, 0.3) is 0 Å². The van der Waals surface area contributed by atoms with E-state index in [2.05, 4.69) is 48.6 Å². The molecule has 23 heavy (non-hydrogen) atoms. The van der Waals surface area contributed by atoms with E-state index < -0.39 is 0 Å². The van der Waals surface area contributed by atoms with Crippen LogP contribution in [0, 0.1) is 0 Å². The number of hydrogen-bond donors (Lipinski definition) is 2. The third kappa shape index (κ3) is 6.50. The summed E-state index contributed by atoms with van der Waals surface area (Å²) in [6.45, 7) is 6.94. The fourth-order valence-corrected chi connectivity index (χ4v) is 2.95. The van der Waals surface area contributed by atoms with Crippen LogP contribution in [-0.2, 0) is 4.79 Å². The Bertz CT molecular complexity index is 468. The quantitative estimate of drug-likeness (QED) is 0.865. The molecule has 1 aromatic carbocycles. The normalized spacial score (nSPS) is 18.4. The third-order valence-electron chi connectivity index (χ3n) is 4.42. The highest BCUT2D eigenvalue weighted by Gasteiger charge is 2.18. The summed E-state index contributed by atoms with van der Waals surface area (Å²) in [5, 5.41) is 6.41. The molecule has 2 N–H and O–H groups in total. The lowest BCUT2D eigenvalue weighted by Crippen LogP contribution is -2.38. The fourth-order valence-electron chi connectivity index (χ4n) is 2.95. The average Bonchev–Trinajstić information content (AvgIpc) is 2.76. The maximum absolute atomic E-state index is 12.2. The van der Waals surface area contributed by atoms with Crippen molar-refractivity contribution in [3.05, 3.63) is 29.8 Å². The summed E-state index contributed by atoms with van der Waals surface area (Å²) in [6, 6.07) is 8.65. The molecule has 0 radical (unpaired) electrons. The molecule has 1 amide bonds. The van der Waals surface area contributed by atoms with Gasteiger partial charge in [-0.05, 0) is 63.0 Å². The summed E-state index contributed by atoms with van der Waals surface area (Å²) in [4.78, 5) is 14.4. The van der Waals surface area contributed by atoms with Crippen molar-refractivity contribution in [2.45, 2.75) is 45.1 Å². The van der Waals surface area contributed by atoms with Crippen LogP contribution in [0.25, 0.3) is 0 Å². The molecule has 1 aliphatic heterocycles. The van der Waals surface area contributed by atoms with Gasteiger partial charge in [-0.3, -0.25) is 9.69 Å². The number of anilines is 1. The zero-order chi connectivity index (χ0) is 15.9. The van der Waals surface area contributed by atoms with Gasteiger partial charge < -0.3 is 10.6 Å². The van der Waals surface area contributed by atoms with E-state index in [-0.39, 0.29) is 18.3 Å². The van der Waals surface area contributed by atoms with Crippen LogP contribution in [0.1, 0.15) is 44.6 Å². The Hall–Kier alpha value is -1.10. The van der Waals surface area contributed by atoms with Gasteiger partial charge >= 0.3 is 0 Å². The van der Waals surface area contributed by atoms with Crippen LogP contribution in [0.4, 0.5) is 5.69 Å². The second kappa shape index (κ2) is 9.91. The molecule has 1 atom stereocenters. The highest BCUT2D eigenvalue weighted by atomic mass is 35.5. The van der Waals surface area contributed by atoms with Gasteiger partial charge in [0.05, 0.1) is 6.54 Å². The minimum atomic E-state index is 0. The Balaban J connectivity index is 0.00000264. The van der Waals surface area contributed by atoms with E-state index in [1.54, 1.807) is 0 Å². The summed E-state index contributed by atoms with van der Waals surface area (Å²) in [5.74, 6) is 0.580. The van der Waals surface area contributed by atoms with Crippen LogP contribution in [0.5, 0.6) is 0 Å². The predicted molar refractivity (Wildman–Crippen MR) is 99.5 cm³/mol. The molecular formula is C18H30ClN3O. The molecule has 4 nitrogen and oxygen atoms in total. The topological polar surface area (TPSA) is 44.4 Å². The number of hydrogen-bond acceptors (Lipinski definition) is 3. The monoisotopic (exact) mass is 339 g/mol. The maximum Gasteiger partial charge on any atom is 0.238 e. The van der Waals surface area contributed by atoms with E-state index in [0.29, 0.717) is 18.5 Å². The van der Waals surface area contributed by atoms with Crippen LogP contribution >= 0.6 is 12.4 Å². The minimum Gasteiger partial charge on any atom is -0.325 e. The van der Waals surface area contributed by atoms with Gasteiger partial charge in [0, 0.05) is 11.7 Å².